The van der Waals surface area contributed by atoms with Gasteiger partial charge in [0.2, 0.25) is 21.8 Å². The standard InChI is InChI=1S/C34H45N3O5S/c1-33(2,3)27-17-19-28(20-18-27)37(43(8,40)41)24-31(38)36(23-26-15-12-16-29(21-26)42-7)30(32(39)35-34(4,5)6)22-25-13-10-9-11-14-25/h9-21,30H,22-24H2,1-8H3,(H,35,39)/t30-/m1/s1. The smallest absolute Gasteiger partial charge is 0.244 e. The Kier molecular flexibility index (Phi) is 10.7. The third kappa shape index (κ3) is 9.85. The number of nitrogens with zero attached hydrogens (tertiary/aromatic N) is 2. The Morgan fingerprint density at radius 3 is 2.00 bits per heavy atom. The SMILES string of the molecule is COc1cccc(CN(C(=O)CN(c2ccc(C(C)(C)C)cc2)S(C)(=O)=O)[C@H](Cc2ccccc2)C(=O)NC(C)(C)C)c1. The zero-order valence-corrected chi connectivity index (χ0v) is 27.4. The van der Waals surface area contributed by atoms with E-state index in [9.17, 15) is 18.0 Å². The molecule has 0 fully saturated rings. The summed E-state index contributed by atoms with van der Waals surface area (Å²) in [7, 11) is -2.29. The molecule has 0 spiro atoms. The van der Waals surface area contributed by atoms with Crippen molar-refractivity contribution in [1.29, 1.82) is 0 Å². The Morgan fingerprint density at radius 2 is 1.47 bits per heavy atom. The second kappa shape index (κ2) is 13.6. The van der Waals surface area contributed by atoms with E-state index in [1.165, 1.54) is 4.90 Å². The maximum Gasteiger partial charge on any atom is 0.244 e. The molecule has 0 heterocycles. The summed E-state index contributed by atoms with van der Waals surface area (Å²) in [6.45, 7) is 11.5. The van der Waals surface area contributed by atoms with Crippen LogP contribution in [0.25, 0.3) is 0 Å². The third-order valence-corrected chi connectivity index (χ3v) is 8.10. The second-order valence-corrected chi connectivity index (χ2v) is 14.8. The maximum absolute atomic E-state index is 14.3. The number of nitrogens with one attached hydrogen (secondary N) is 1. The van der Waals surface area contributed by atoms with Crippen LogP contribution in [0.1, 0.15) is 58.2 Å². The molecule has 0 aliphatic carbocycles. The molecule has 0 aromatic heterocycles. The summed E-state index contributed by atoms with van der Waals surface area (Å²) in [5.74, 6) is -0.216. The van der Waals surface area contributed by atoms with Gasteiger partial charge in [0.1, 0.15) is 18.3 Å². The van der Waals surface area contributed by atoms with Crippen LogP contribution in [0.4, 0.5) is 5.69 Å². The highest BCUT2D eigenvalue weighted by molar-refractivity contribution is 7.92. The Morgan fingerprint density at radius 1 is 0.860 bits per heavy atom. The van der Waals surface area contributed by atoms with Crippen molar-refractivity contribution < 1.29 is 22.7 Å². The molecule has 0 saturated heterocycles. The van der Waals surface area contributed by atoms with Crippen molar-refractivity contribution in [3.63, 3.8) is 0 Å². The Hall–Kier alpha value is -3.85. The van der Waals surface area contributed by atoms with Crippen LogP contribution >= 0.6 is 0 Å². The summed E-state index contributed by atoms with van der Waals surface area (Å²) in [6, 6.07) is 23.0. The molecular formula is C34H45N3O5S. The van der Waals surface area contributed by atoms with Crippen molar-refractivity contribution >= 4 is 27.5 Å². The van der Waals surface area contributed by atoms with Crippen LogP contribution in [0.2, 0.25) is 0 Å². The first-order valence-electron chi connectivity index (χ1n) is 14.3. The minimum absolute atomic E-state index is 0.0751. The van der Waals surface area contributed by atoms with E-state index in [0.717, 1.165) is 27.3 Å². The third-order valence-electron chi connectivity index (χ3n) is 6.96. The minimum Gasteiger partial charge on any atom is -0.497 e. The fourth-order valence-electron chi connectivity index (χ4n) is 4.72. The molecular weight excluding hydrogens is 562 g/mol. The molecule has 3 rings (SSSR count). The van der Waals surface area contributed by atoms with Crippen molar-refractivity contribution in [2.45, 2.75) is 71.5 Å². The largest absolute Gasteiger partial charge is 0.497 e. The molecule has 0 aliphatic rings. The van der Waals surface area contributed by atoms with Gasteiger partial charge in [-0.05, 0) is 67.1 Å². The van der Waals surface area contributed by atoms with E-state index >= 15 is 0 Å². The molecule has 9 heteroatoms. The molecule has 2 amide bonds. The summed E-state index contributed by atoms with van der Waals surface area (Å²) < 4.78 is 32.6. The van der Waals surface area contributed by atoms with E-state index in [1.54, 1.807) is 31.4 Å². The topological polar surface area (TPSA) is 96.0 Å². The molecule has 3 aromatic rings. The lowest BCUT2D eigenvalue weighted by molar-refractivity contribution is -0.140. The Bertz CT molecular complexity index is 1490. The summed E-state index contributed by atoms with van der Waals surface area (Å²) in [5.41, 5.74) is 2.36. The molecule has 0 unspecified atom stereocenters. The van der Waals surface area contributed by atoms with Crippen LogP contribution in [0, 0.1) is 0 Å². The maximum atomic E-state index is 14.3. The number of amides is 2. The zero-order chi connectivity index (χ0) is 32.0. The van der Waals surface area contributed by atoms with E-state index in [-0.39, 0.29) is 24.3 Å². The Balaban J connectivity index is 2.08. The van der Waals surface area contributed by atoms with Crippen LogP contribution < -0.4 is 14.4 Å². The van der Waals surface area contributed by atoms with E-state index in [1.807, 2.05) is 75.4 Å². The number of carbonyl (C=O) groups is 2. The average Bonchev–Trinajstić information content (AvgIpc) is 2.92. The van der Waals surface area contributed by atoms with Gasteiger partial charge in [0, 0.05) is 18.5 Å². The average molecular weight is 608 g/mol. The molecule has 0 saturated carbocycles. The fraction of sp³-hybridized carbons (Fsp3) is 0.412. The molecule has 0 radical (unpaired) electrons. The van der Waals surface area contributed by atoms with Crippen LogP contribution in [0.3, 0.4) is 0 Å². The number of anilines is 1. The summed E-state index contributed by atoms with van der Waals surface area (Å²) in [6.07, 6.45) is 1.33. The van der Waals surface area contributed by atoms with Crippen LogP contribution in [-0.4, -0.2) is 56.6 Å². The molecule has 232 valence electrons. The lowest BCUT2D eigenvalue weighted by Crippen LogP contribution is -2.56. The van der Waals surface area contributed by atoms with Gasteiger partial charge in [-0.3, -0.25) is 13.9 Å². The van der Waals surface area contributed by atoms with E-state index in [2.05, 4.69) is 26.1 Å². The predicted molar refractivity (Wildman–Crippen MR) is 173 cm³/mol. The second-order valence-electron chi connectivity index (χ2n) is 12.9. The lowest BCUT2D eigenvalue weighted by Gasteiger charge is -2.35. The van der Waals surface area contributed by atoms with Gasteiger partial charge in [-0.2, -0.15) is 0 Å². The molecule has 8 nitrogen and oxygen atoms in total. The number of methoxy groups -OCH3 is 1. The van der Waals surface area contributed by atoms with Crippen molar-refractivity contribution in [3.8, 4) is 5.75 Å². The fourth-order valence-corrected chi connectivity index (χ4v) is 5.57. The van der Waals surface area contributed by atoms with E-state index < -0.39 is 34.1 Å². The number of ether oxygens (including phenoxy) is 1. The molecule has 0 aliphatic heterocycles. The highest BCUT2D eigenvalue weighted by Gasteiger charge is 2.34. The zero-order valence-electron chi connectivity index (χ0n) is 26.5. The minimum atomic E-state index is -3.85. The van der Waals surface area contributed by atoms with Crippen molar-refractivity contribution in [3.05, 3.63) is 95.6 Å². The molecule has 3 aromatic carbocycles. The number of sulfonamides is 1. The van der Waals surface area contributed by atoms with Gasteiger partial charge in [0.25, 0.3) is 0 Å². The summed E-state index contributed by atoms with van der Waals surface area (Å²) >= 11 is 0. The molecule has 43 heavy (non-hydrogen) atoms. The van der Waals surface area contributed by atoms with Gasteiger partial charge in [-0.15, -0.1) is 0 Å². The number of carbonyl (C=O) groups excluding carboxylic acids is 2. The van der Waals surface area contributed by atoms with E-state index in [0.29, 0.717) is 11.4 Å². The summed E-state index contributed by atoms with van der Waals surface area (Å²) in [4.78, 5) is 29.6. The van der Waals surface area contributed by atoms with Crippen LogP contribution in [0.15, 0.2) is 78.9 Å². The quantitative estimate of drug-likeness (QED) is 0.319. The van der Waals surface area contributed by atoms with Crippen LogP contribution in [-0.2, 0) is 38.0 Å². The van der Waals surface area contributed by atoms with E-state index in [4.69, 9.17) is 4.74 Å². The number of benzene rings is 3. The van der Waals surface area contributed by atoms with Crippen LogP contribution in [0.5, 0.6) is 5.75 Å². The van der Waals surface area contributed by atoms with Gasteiger partial charge in [0.05, 0.1) is 19.1 Å². The highest BCUT2D eigenvalue weighted by atomic mass is 32.2. The molecule has 1 N–H and O–H groups in total. The number of hydrogen-bond donors (Lipinski definition) is 1. The first-order chi connectivity index (χ1) is 20.0. The lowest BCUT2D eigenvalue weighted by atomic mass is 9.87. The van der Waals surface area contributed by atoms with Gasteiger partial charge >= 0.3 is 0 Å². The number of rotatable bonds is 11. The van der Waals surface area contributed by atoms with Gasteiger partial charge in [0.15, 0.2) is 0 Å². The first-order valence-corrected chi connectivity index (χ1v) is 16.2. The van der Waals surface area contributed by atoms with Gasteiger partial charge < -0.3 is 15.0 Å². The molecule has 1 atom stereocenters. The Labute approximate surface area is 257 Å². The van der Waals surface area contributed by atoms with Gasteiger partial charge in [-0.25, -0.2) is 8.42 Å². The van der Waals surface area contributed by atoms with Crippen molar-refractivity contribution in [2.75, 3.05) is 24.2 Å². The number of hydrogen-bond acceptors (Lipinski definition) is 5. The monoisotopic (exact) mass is 607 g/mol. The van der Waals surface area contributed by atoms with Gasteiger partial charge in [-0.1, -0.05) is 75.4 Å². The van der Waals surface area contributed by atoms with Crippen molar-refractivity contribution in [2.24, 2.45) is 0 Å². The summed E-state index contributed by atoms with van der Waals surface area (Å²) in [5, 5.41) is 3.03. The van der Waals surface area contributed by atoms with Crippen molar-refractivity contribution in [1.82, 2.24) is 10.2 Å². The normalized spacial score (nSPS) is 12.7. The predicted octanol–water partition coefficient (Wildman–Crippen LogP) is 5.31. The molecule has 0 bridgehead atoms. The first kappa shape index (κ1) is 33.6. The highest BCUT2D eigenvalue weighted by Crippen LogP contribution is 2.27.